The third-order valence-electron chi connectivity index (χ3n) is 4.07. The van der Waals surface area contributed by atoms with Crippen molar-refractivity contribution >= 4 is 17.5 Å². The zero-order chi connectivity index (χ0) is 16.7. The Morgan fingerprint density at radius 3 is 2.39 bits per heavy atom. The fourth-order valence-electron chi connectivity index (χ4n) is 2.64. The predicted molar refractivity (Wildman–Crippen MR) is 90.0 cm³/mol. The van der Waals surface area contributed by atoms with Crippen molar-refractivity contribution in [3.8, 4) is 0 Å². The minimum atomic E-state index is -0.534. The summed E-state index contributed by atoms with van der Waals surface area (Å²) >= 11 is 0. The summed E-state index contributed by atoms with van der Waals surface area (Å²) < 4.78 is 0. The Morgan fingerprint density at radius 1 is 1.17 bits per heavy atom. The van der Waals surface area contributed by atoms with E-state index in [2.05, 4.69) is 20.5 Å². The number of carbonyl (C=O) groups excluding carboxylic acids is 2. The molecule has 0 radical (unpaired) electrons. The average Bonchev–Trinajstić information content (AvgIpc) is 2.58. The standard InChI is InChI=1S/C17H26N4O2/c1-13(2)11-19-16(22)17(23)20-12-14-5-9-21(10-6-14)15-3-7-18-8-4-15/h3-4,7-8,13-14H,5-6,9-12H2,1-2H3,(H,19,22)(H,20,23). The van der Waals surface area contributed by atoms with Gasteiger partial charge in [0.2, 0.25) is 0 Å². The van der Waals surface area contributed by atoms with Gasteiger partial charge in [-0.15, -0.1) is 0 Å². The van der Waals surface area contributed by atoms with Crippen molar-refractivity contribution in [2.45, 2.75) is 26.7 Å². The molecule has 1 saturated heterocycles. The predicted octanol–water partition coefficient (Wildman–Crippen LogP) is 1.19. The van der Waals surface area contributed by atoms with E-state index < -0.39 is 11.8 Å². The first-order valence-corrected chi connectivity index (χ1v) is 8.27. The van der Waals surface area contributed by atoms with Crippen molar-refractivity contribution < 1.29 is 9.59 Å². The molecule has 0 aliphatic carbocycles. The zero-order valence-corrected chi connectivity index (χ0v) is 13.9. The van der Waals surface area contributed by atoms with Crippen LogP contribution in [0.1, 0.15) is 26.7 Å². The van der Waals surface area contributed by atoms with Gasteiger partial charge in [0.15, 0.2) is 0 Å². The molecule has 6 heteroatoms. The van der Waals surface area contributed by atoms with Crippen LogP contribution in [0, 0.1) is 11.8 Å². The largest absolute Gasteiger partial charge is 0.371 e. The Labute approximate surface area is 137 Å². The van der Waals surface area contributed by atoms with Crippen LogP contribution in [0.5, 0.6) is 0 Å². The number of rotatable bonds is 5. The zero-order valence-electron chi connectivity index (χ0n) is 13.9. The minimum Gasteiger partial charge on any atom is -0.371 e. The first kappa shape index (κ1) is 17.2. The van der Waals surface area contributed by atoms with Crippen LogP contribution in [-0.2, 0) is 9.59 Å². The molecule has 1 aliphatic heterocycles. The van der Waals surface area contributed by atoms with Crippen LogP contribution in [0.25, 0.3) is 0 Å². The van der Waals surface area contributed by atoms with Gasteiger partial charge >= 0.3 is 11.8 Å². The summed E-state index contributed by atoms with van der Waals surface area (Å²) in [4.78, 5) is 29.7. The number of hydrogen-bond acceptors (Lipinski definition) is 4. The molecule has 2 rings (SSSR count). The molecule has 1 aliphatic rings. The van der Waals surface area contributed by atoms with E-state index in [-0.39, 0.29) is 0 Å². The fraction of sp³-hybridized carbons (Fsp3) is 0.588. The summed E-state index contributed by atoms with van der Waals surface area (Å²) in [6, 6.07) is 4.03. The lowest BCUT2D eigenvalue weighted by atomic mass is 9.96. The summed E-state index contributed by atoms with van der Waals surface area (Å²) in [5.41, 5.74) is 1.19. The maximum Gasteiger partial charge on any atom is 0.309 e. The highest BCUT2D eigenvalue weighted by Crippen LogP contribution is 2.22. The van der Waals surface area contributed by atoms with Gasteiger partial charge in [-0.2, -0.15) is 0 Å². The molecule has 2 heterocycles. The summed E-state index contributed by atoms with van der Waals surface area (Å²) in [5, 5.41) is 5.38. The van der Waals surface area contributed by atoms with Gasteiger partial charge < -0.3 is 15.5 Å². The Morgan fingerprint density at radius 2 is 1.78 bits per heavy atom. The molecule has 0 saturated carbocycles. The Hall–Kier alpha value is -2.11. The monoisotopic (exact) mass is 318 g/mol. The van der Waals surface area contributed by atoms with Gasteiger partial charge in [0.05, 0.1) is 0 Å². The van der Waals surface area contributed by atoms with Crippen molar-refractivity contribution in [3.63, 3.8) is 0 Å². The highest BCUT2D eigenvalue weighted by atomic mass is 16.2. The summed E-state index contributed by atoms with van der Waals surface area (Å²) in [6.07, 6.45) is 5.63. The average molecular weight is 318 g/mol. The SMILES string of the molecule is CC(C)CNC(=O)C(=O)NCC1CCN(c2ccncc2)CC1. The first-order chi connectivity index (χ1) is 11.1. The van der Waals surface area contributed by atoms with Crippen molar-refractivity contribution in [3.05, 3.63) is 24.5 Å². The molecule has 1 aromatic heterocycles. The number of amides is 2. The number of carbonyl (C=O) groups is 2. The van der Waals surface area contributed by atoms with Gasteiger partial charge in [0, 0.05) is 44.3 Å². The second kappa shape index (κ2) is 8.50. The lowest BCUT2D eigenvalue weighted by Gasteiger charge is -2.33. The van der Waals surface area contributed by atoms with Gasteiger partial charge in [-0.1, -0.05) is 13.8 Å². The highest BCUT2D eigenvalue weighted by molar-refractivity contribution is 6.35. The number of hydrogen-bond donors (Lipinski definition) is 2. The van der Waals surface area contributed by atoms with E-state index >= 15 is 0 Å². The van der Waals surface area contributed by atoms with Gasteiger partial charge in [-0.3, -0.25) is 14.6 Å². The van der Waals surface area contributed by atoms with Gasteiger partial charge in [0.25, 0.3) is 0 Å². The molecular formula is C17H26N4O2. The maximum absolute atomic E-state index is 11.7. The maximum atomic E-state index is 11.7. The van der Waals surface area contributed by atoms with E-state index in [0.717, 1.165) is 25.9 Å². The van der Waals surface area contributed by atoms with Crippen molar-refractivity contribution in [1.29, 1.82) is 0 Å². The number of aromatic nitrogens is 1. The van der Waals surface area contributed by atoms with Gasteiger partial charge in [-0.25, -0.2) is 0 Å². The smallest absolute Gasteiger partial charge is 0.309 e. The van der Waals surface area contributed by atoms with E-state index in [9.17, 15) is 9.59 Å². The Balaban J connectivity index is 1.68. The number of nitrogens with zero attached hydrogens (tertiary/aromatic N) is 2. The first-order valence-electron chi connectivity index (χ1n) is 8.27. The molecule has 23 heavy (non-hydrogen) atoms. The summed E-state index contributed by atoms with van der Waals surface area (Å²) in [7, 11) is 0. The lowest BCUT2D eigenvalue weighted by molar-refractivity contribution is -0.139. The van der Waals surface area contributed by atoms with Crippen molar-refractivity contribution in [1.82, 2.24) is 15.6 Å². The minimum absolute atomic E-state index is 0.337. The van der Waals surface area contributed by atoms with Crippen LogP contribution in [0.4, 0.5) is 5.69 Å². The van der Waals surface area contributed by atoms with Crippen LogP contribution in [0.2, 0.25) is 0 Å². The molecule has 0 aromatic carbocycles. The van der Waals surface area contributed by atoms with E-state index in [1.54, 1.807) is 12.4 Å². The van der Waals surface area contributed by atoms with Crippen LogP contribution in [0.3, 0.4) is 0 Å². The molecule has 2 amide bonds. The molecule has 0 bridgehead atoms. The number of anilines is 1. The summed E-state index contributed by atoms with van der Waals surface area (Å²) in [6.45, 7) is 7.01. The molecule has 1 aromatic rings. The molecule has 6 nitrogen and oxygen atoms in total. The van der Waals surface area contributed by atoms with Gasteiger partial charge in [-0.05, 0) is 36.8 Å². The summed E-state index contributed by atoms with van der Waals surface area (Å²) in [5.74, 6) is -0.297. The quantitative estimate of drug-likeness (QED) is 0.800. The normalized spacial score (nSPS) is 15.5. The van der Waals surface area contributed by atoms with Crippen molar-refractivity contribution in [2.24, 2.45) is 11.8 Å². The number of piperidine rings is 1. The van der Waals surface area contributed by atoms with E-state index in [1.807, 2.05) is 26.0 Å². The molecule has 2 N–H and O–H groups in total. The molecule has 0 unspecified atom stereocenters. The second-order valence-corrected chi connectivity index (χ2v) is 6.45. The van der Waals surface area contributed by atoms with Crippen LogP contribution in [-0.4, -0.2) is 43.0 Å². The van der Waals surface area contributed by atoms with E-state index in [1.165, 1.54) is 5.69 Å². The molecule has 1 fully saturated rings. The number of nitrogens with one attached hydrogen (secondary N) is 2. The Bertz CT molecular complexity index is 511. The van der Waals surface area contributed by atoms with Crippen LogP contribution < -0.4 is 15.5 Å². The van der Waals surface area contributed by atoms with E-state index in [0.29, 0.717) is 24.9 Å². The molecule has 126 valence electrons. The molecule has 0 spiro atoms. The van der Waals surface area contributed by atoms with Gasteiger partial charge in [0.1, 0.15) is 0 Å². The molecule has 0 atom stereocenters. The van der Waals surface area contributed by atoms with Crippen LogP contribution >= 0.6 is 0 Å². The highest BCUT2D eigenvalue weighted by Gasteiger charge is 2.21. The molecular weight excluding hydrogens is 292 g/mol. The third-order valence-corrected chi connectivity index (χ3v) is 4.07. The number of pyridine rings is 1. The lowest BCUT2D eigenvalue weighted by Crippen LogP contribution is -2.44. The fourth-order valence-corrected chi connectivity index (χ4v) is 2.64. The van der Waals surface area contributed by atoms with Crippen LogP contribution in [0.15, 0.2) is 24.5 Å². The van der Waals surface area contributed by atoms with E-state index in [4.69, 9.17) is 0 Å². The third kappa shape index (κ3) is 5.54. The topological polar surface area (TPSA) is 74.3 Å². The Kier molecular flexibility index (Phi) is 6.38. The second-order valence-electron chi connectivity index (χ2n) is 6.45. The van der Waals surface area contributed by atoms with Crippen molar-refractivity contribution in [2.75, 3.05) is 31.1 Å².